The molecule has 0 aliphatic rings. The van der Waals surface area contributed by atoms with Crippen LogP contribution in [0.3, 0.4) is 0 Å². The number of thiocarbonyl (C=S) groups is 1. The van der Waals surface area contributed by atoms with Crippen molar-refractivity contribution in [2.75, 3.05) is 5.32 Å². The van der Waals surface area contributed by atoms with Gasteiger partial charge in [-0.25, -0.2) is 0 Å². The summed E-state index contributed by atoms with van der Waals surface area (Å²) in [6, 6.07) is 9.67. The molecule has 0 aliphatic heterocycles. The number of hydrogen-bond acceptors (Lipinski definition) is 3. The van der Waals surface area contributed by atoms with Crippen LogP contribution in [0.4, 0.5) is 11.4 Å². The minimum absolute atomic E-state index is 0.360. The van der Waals surface area contributed by atoms with E-state index in [1.807, 2.05) is 37.3 Å². The maximum atomic E-state index is 5.72. The number of nitrogens with zero attached hydrogens (tertiary/aromatic N) is 1. The van der Waals surface area contributed by atoms with Gasteiger partial charge in [0.05, 0.1) is 11.9 Å². The first-order valence-corrected chi connectivity index (χ1v) is 6.55. The lowest BCUT2D eigenvalue weighted by Crippen LogP contribution is -2.12. The van der Waals surface area contributed by atoms with E-state index in [1.165, 1.54) is 0 Å². The van der Waals surface area contributed by atoms with E-state index < -0.39 is 0 Å². The zero-order valence-electron chi connectivity index (χ0n) is 9.77. The highest BCUT2D eigenvalue weighted by atomic mass is 79.9. The maximum absolute atomic E-state index is 5.72. The molecule has 0 unspecified atom stereocenters. The van der Waals surface area contributed by atoms with Crippen LogP contribution in [0.5, 0.6) is 0 Å². The van der Waals surface area contributed by atoms with Crippen molar-refractivity contribution < 1.29 is 0 Å². The summed E-state index contributed by atoms with van der Waals surface area (Å²) in [5.41, 5.74) is 9.27. The number of aryl methyl sites for hydroxylation is 1. The number of hydrogen-bond donors (Lipinski definition) is 2. The minimum atomic E-state index is 0.360. The number of rotatable bonds is 3. The summed E-state index contributed by atoms with van der Waals surface area (Å²) in [4.78, 5) is 4.59. The van der Waals surface area contributed by atoms with E-state index in [0.717, 1.165) is 27.1 Å². The fourth-order valence-corrected chi connectivity index (χ4v) is 2.06. The van der Waals surface area contributed by atoms with E-state index in [9.17, 15) is 0 Å². The van der Waals surface area contributed by atoms with Crippen molar-refractivity contribution in [1.29, 1.82) is 0 Å². The zero-order valence-corrected chi connectivity index (χ0v) is 12.2. The van der Waals surface area contributed by atoms with Crippen LogP contribution in [-0.2, 0) is 0 Å². The van der Waals surface area contributed by atoms with Gasteiger partial charge in [0, 0.05) is 21.4 Å². The van der Waals surface area contributed by atoms with Crippen LogP contribution in [0.25, 0.3) is 0 Å². The van der Waals surface area contributed by atoms with Gasteiger partial charge in [0.15, 0.2) is 0 Å². The standard InChI is InChI=1S/C13H12BrN3S/c1-8-2-4-10(7-16-8)17-12-5-3-9(14)6-11(12)13(15)18/h2-7,17H,1H3,(H2,15,18). The molecule has 1 aromatic carbocycles. The molecule has 0 fully saturated rings. The van der Waals surface area contributed by atoms with Gasteiger partial charge in [-0.2, -0.15) is 0 Å². The highest BCUT2D eigenvalue weighted by molar-refractivity contribution is 9.10. The lowest BCUT2D eigenvalue weighted by atomic mass is 10.1. The van der Waals surface area contributed by atoms with Crippen molar-refractivity contribution in [3.63, 3.8) is 0 Å². The van der Waals surface area contributed by atoms with E-state index in [0.29, 0.717) is 4.99 Å². The average molecular weight is 322 g/mol. The summed E-state index contributed by atoms with van der Waals surface area (Å²) < 4.78 is 0.942. The number of anilines is 2. The van der Waals surface area contributed by atoms with E-state index in [2.05, 4.69) is 26.2 Å². The molecule has 0 saturated carbocycles. The van der Waals surface area contributed by atoms with Gasteiger partial charge < -0.3 is 11.1 Å². The second-order valence-electron chi connectivity index (χ2n) is 3.87. The van der Waals surface area contributed by atoms with Crippen LogP contribution in [0.2, 0.25) is 0 Å². The van der Waals surface area contributed by atoms with Gasteiger partial charge in [0.1, 0.15) is 4.99 Å². The molecule has 2 rings (SSSR count). The third-order valence-electron chi connectivity index (χ3n) is 2.44. The minimum Gasteiger partial charge on any atom is -0.389 e. The molecule has 18 heavy (non-hydrogen) atoms. The Morgan fingerprint density at radius 1 is 1.33 bits per heavy atom. The first-order chi connectivity index (χ1) is 8.56. The Labute approximate surface area is 120 Å². The van der Waals surface area contributed by atoms with E-state index in [-0.39, 0.29) is 0 Å². The van der Waals surface area contributed by atoms with Crippen LogP contribution in [0.1, 0.15) is 11.3 Å². The molecule has 3 N–H and O–H groups in total. The first-order valence-electron chi connectivity index (χ1n) is 5.35. The number of benzene rings is 1. The second kappa shape index (κ2) is 5.46. The average Bonchev–Trinajstić information content (AvgIpc) is 2.34. The summed E-state index contributed by atoms with van der Waals surface area (Å²) in [6.07, 6.45) is 1.78. The molecule has 1 heterocycles. The summed E-state index contributed by atoms with van der Waals surface area (Å²) in [5.74, 6) is 0. The molecule has 0 spiro atoms. The van der Waals surface area contributed by atoms with Gasteiger partial charge in [0.25, 0.3) is 0 Å². The number of nitrogens with two attached hydrogens (primary N) is 1. The van der Waals surface area contributed by atoms with Crippen LogP contribution in [0.15, 0.2) is 41.0 Å². The fraction of sp³-hybridized carbons (Fsp3) is 0.0769. The molecule has 0 aliphatic carbocycles. The number of aromatic nitrogens is 1. The van der Waals surface area contributed by atoms with Crippen LogP contribution in [-0.4, -0.2) is 9.97 Å². The molecule has 0 atom stereocenters. The van der Waals surface area contributed by atoms with Crippen molar-refractivity contribution in [2.24, 2.45) is 5.73 Å². The van der Waals surface area contributed by atoms with E-state index in [4.69, 9.17) is 18.0 Å². The fourth-order valence-electron chi connectivity index (χ4n) is 1.53. The Balaban J connectivity index is 2.34. The monoisotopic (exact) mass is 321 g/mol. The Hall–Kier alpha value is -1.46. The number of nitrogens with one attached hydrogen (secondary N) is 1. The smallest absolute Gasteiger partial charge is 0.106 e. The molecule has 3 nitrogen and oxygen atoms in total. The summed E-state index contributed by atoms with van der Waals surface area (Å²) >= 11 is 8.45. The Kier molecular flexibility index (Phi) is 3.93. The topological polar surface area (TPSA) is 50.9 Å². The van der Waals surface area contributed by atoms with Crippen molar-refractivity contribution >= 4 is 44.5 Å². The summed E-state index contributed by atoms with van der Waals surface area (Å²) in [6.45, 7) is 1.95. The highest BCUT2D eigenvalue weighted by Crippen LogP contribution is 2.24. The molecule has 1 aromatic heterocycles. The predicted octanol–water partition coefficient (Wildman–Crippen LogP) is 3.53. The molecule has 0 amide bonds. The van der Waals surface area contributed by atoms with Crippen LogP contribution in [0, 0.1) is 6.92 Å². The van der Waals surface area contributed by atoms with Crippen LogP contribution >= 0.6 is 28.1 Å². The number of halogens is 1. The lowest BCUT2D eigenvalue weighted by Gasteiger charge is -2.11. The van der Waals surface area contributed by atoms with Gasteiger partial charge in [0.2, 0.25) is 0 Å². The van der Waals surface area contributed by atoms with Gasteiger partial charge >= 0.3 is 0 Å². The van der Waals surface area contributed by atoms with Crippen molar-refractivity contribution in [3.05, 3.63) is 52.3 Å². The van der Waals surface area contributed by atoms with Gasteiger partial charge in [-0.15, -0.1) is 0 Å². The maximum Gasteiger partial charge on any atom is 0.106 e. The van der Waals surface area contributed by atoms with Crippen LogP contribution < -0.4 is 11.1 Å². The van der Waals surface area contributed by atoms with E-state index in [1.54, 1.807) is 6.20 Å². The van der Waals surface area contributed by atoms with Crippen molar-refractivity contribution in [3.8, 4) is 0 Å². The SMILES string of the molecule is Cc1ccc(Nc2ccc(Br)cc2C(N)=S)cn1. The zero-order chi connectivity index (χ0) is 13.1. The summed E-state index contributed by atoms with van der Waals surface area (Å²) in [5, 5.41) is 3.26. The largest absolute Gasteiger partial charge is 0.389 e. The second-order valence-corrected chi connectivity index (χ2v) is 5.22. The normalized spacial score (nSPS) is 10.1. The summed E-state index contributed by atoms with van der Waals surface area (Å²) in [7, 11) is 0. The number of pyridine rings is 1. The molecular weight excluding hydrogens is 310 g/mol. The Morgan fingerprint density at radius 2 is 2.11 bits per heavy atom. The molecule has 0 radical (unpaired) electrons. The molecule has 5 heteroatoms. The van der Waals surface area contributed by atoms with Gasteiger partial charge in [-0.3, -0.25) is 4.98 Å². The predicted molar refractivity (Wildman–Crippen MR) is 82.3 cm³/mol. The Morgan fingerprint density at radius 3 is 2.72 bits per heavy atom. The van der Waals surface area contributed by atoms with Gasteiger partial charge in [-0.05, 0) is 37.3 Å². The van der Waals surface area contributed by atoms with Crippen molar-refractivity contribution in [1.82, 2.24) is 4.98 Å². The lowest BCUT2D eigenvalue weighted by molar-refractivity contribution is 1.20. The van der Waals surface area contributed by atoms with Gasteiger partial charge in [-0.1, -0.05) is 28.1 Å². The first kappa shape index (κ1) is 13.0. The Bertz CT molecular complexity index is 581. The quantitative estimate of drug-likeness (QED) is 0.849. The molecular formula is C13H12BrN3S. The highest BCUT2D eigenvalue weighted by Gasteiger charge is 2.06. The molecule has 92 valence electrons. The molecule has 0 saturated heterocycles. The van der Waals surface area contributed by atoms with E-state index >= 15 is 0 Å². The molecule has 2 aromatic rings. The third-order valence-corrected chi connectivity index (χ3v) is 3.15. The van der Waals surface area contributed by atoms with Crippen molar-refractivity contribution in [2.45, 2.75) is 6.92 Å². The third kappa shape index (κ3) is 3.05. The molecule has 0 bridgehead atoms.